The summed E-state index contributed by atoms with van der Waals surface area (Å²) in [5.74, 6) is 1.46. The van der Waals surface area contributed by atoms with E-state index in [4.69, 9.17) is 5.73 Å². The lowest BCUT2D eigenvalue weighted by Gasteiger charge is -2.27. The molecule has 0 aliphatic carbocycles. The third-order valence-corrected chi connectivity index (χ3v) is 3.90. The van der Waals surface area contributed by atoms with Gasteiger partial charge in [-0.25, -0.2) is 0 Å². The summed E-state index contributed by atoms with van der Waals surface area (Å²) in [6.45, 7) is 11.3. The number of nitrogens with zero attached hydrogens (tertiary/aromatic N) is 1. The molecule has 0 bridgehead atoms. The lowest BCUT2D eigenvalue weighted by atomic mass is 10.1. The normalized spacial score (nSPS) is 11.3. The van der Waals surface area contributed by atoms with Gasteiger partial charge in [0.25, 0.3) is 0 Å². The molecule has 0 spiro atoms. The number of halogens is 1. The van der Waals surface area contributed by atoms with Crippen molar-refractivity contribution in [2.24, 2.45) is 11.8 Å². The van der Waals surface area contributed by atoms with Crippen molar-refractivity contribution in [3.63, 3.8) is 0 Å². The molecule has 2 nitrogen and oxygen atoms in total. The average molecular weight is 327 g/mol. The van der Waals surface area contributed by atoms with E-state index in [1.165, 1.54) is 18.5 Å². The number of anilines is 2. The number of hydrogen-bond acceptors (Lipinski definition) is 2. The maximum absolute atomic E-state index is 5.82. The van der Waals surface area contributed by atoms with Gasteiger partial charge in [0.05, 0.1) is 5.69 Å². The highest BCUT2D eigenvalue weighted by atomic mass is 79.9. The van der Waals surface area contributed by atoms with Gasteiger partial charge in [-0.1, -0.05) is 27.7 Å². The molecule has 1 rings (SSSR count). The van der Waals surface area contributed by atoms with Crippen LogP contribution in [0.4, 0.5) is 11.4 Å². The second-order valence-electron chi connectivity index (χ2n) is 6.06. The molecule has 0 unspecified atom stereocenters. The Hall–Kier alpha value is -0.700. The van der Waals surface area contributed by atoms with Crippen LogP contribution in [0, 0.1) is 11.8 Å². The van der Waals surface area contributed by atoms with Crippen LogP contribution in [0.1, 0.15) is 40.5 Å². The van der Waals surface area contributed by atoms with Gasteiger partial charge in [-0.3, -0.25) is 0 Å². The van der Waals surface area contributed by atoms with Crippen molar-refractivity contribution in [2.45, 2.75) is 40.5 Å². The van der Waals surface area contributed by atoms with Crippen molar-refractivity contribution in [3.8, 4) is 0 Å². The predicted octanol–water partition coefficient (Wildman–Crippen LogP) is 4.93. The Morgan fingerprint density at radius 1 is 1.05 bits per heavy atom. The molecule has 0 aromatic heterocycles. The van der Waals surface area contributed by atoms with E-state index in [2.05, 4.69) is 54.6 Å². The molecule has 0 aliphatic heterocycles. The number of hydrogen-bond donors (Lipinski definition) is 1. The number of benzene rings is 1. The summed E-state index contributed by atoms with van der Waals surface area (Å²) in [4.78, 5) is 2.48. The molecule has 0 heterocycles. The summed E-state index contributed by atoms with van der Waals surface area (Å²) in [5, 5.41) is 0. The van der Waals surface area contributed by atoms with Crippen LogP contribution >= 0.6 is 15.9 Å². The molecule has 0 amide bonds. The minimum atomic E-state index is 0.731. The topological polar surface area (TPSA) is 29.3 Å². The largest absolute Gasteiger partial charge is 0.399 e. The van der Waals surface area contributed by atoms with E-state index in [1.807, 2.05) is 12.1 Å². The van der Waals surface area contributed by atoms with Crippen molar-refractivity contribution in [1.82, 2.24) is 0 Å². The fourth-order valence-electron chi connectivity index (χ4n) is 1.96. The Morgan fingerprint density at radius 3 is 2.00 bits per heavy atom. The van der Waals surface area contributed by atoms with Crippen LogP contribution in [0.5, 0.6) is 0 Å². The first-order valence-corrected chi connectivity index (χ1v) is 7.99. The monoisotopic (exact) mass is 326 g/mol. The summed E-state index contributed by atoms with van der Waals surface area (Å²) in [6, 6.07) is 6.10. The Bertz CT molecular complexity index is 376. The van der Waals surface area contributed by atoms with E-state index in [1.54, 1.807) is 0 Å². The van der Waals surface area contributed by atoms with Gasteiger partial charge in [0.1, 0.15) is 0 Å². The van der Waals surface area contributed by atoms with Crippen LogP contribution in [0.25, 0.3) is 0 Å². The van der Waals surface area contributed by atoms with Crippen LogP contribution in [0.2, 0.25) is 0 Å². The number of nitrogen functional groups attached to an aromatic ring is 1. The van der Waals surface area contributed by atoms with E-state index >= 15 is 0 Å². The zero-order chi connectivity index (χ0) is 14.4. The summed E-state index contributed by atoms with van der Waals surface area (Å²) in [7, 11) is 0. The molecule has 3 heteroatoms. The average Bonchev–Trinajstić information content (AvgIpc) is 2.30. The predicted molar refractivity (Wildman–Crippen MR) is 89.7 cm³/mol. The smallest absolute Gasteiger partial charge is 0.0512 e. The minimum absolute atomic E-state index is 0.731. The van der Waals surface area contributed by atoms with Gasteiger partial charge in [0.2, 0.25) is 0 Å². The Labute approximate surface area is 126 Å². The van der Waals surface area contributed by atoms with Crippen molar-refractivity contribution in [1.29, 1.82) is 0 Å². The standard InChI is InChI=1S/C16H27BrN2/c1-12(2)7-9-19(10-8-13(3)4)16-6-5-14(18)11-15(16)17/h5-6,11-13H,7-10,18H2,1-4H3. The van der Waals surface area contributed by atoms with Crippen LogP contribution in [-0.4, -0.2) is 13.1 Å². The fourth-order valence-corrected chi connectivity index (χ4v) is 2.61. The molecule has 0 saturated carbocycles. The van der Waals surface area contributed by atoms with Crippen LogP contribution in [0.3, 0.4) is 0 Å². The molecule has 1 aromatic rings. The number of nitrogens with two attached hydrogens (primary N) is 1. The molecule has 0 saturated heterocycles. The fraction of sp³-hybridized carbons (Fsp3) is 0.625. The Balaban J connectivity index is 2.81. The highest BCUT2D eigenvalue weighted by molar-refractivity contribution is 9.10. The summed E-state index contributed by atoms with van der Waals surface area (Å²) in [6.07, 6.45) is 2.43. The maximum Gasteiger partial charge on any atom is 0.0512 e. The van der Waals surface area contributed by atoms with Crippen LogP contribution in [-0.2, 0) is 0 Å². The lowest BCUT2D eigenvalue weighted by molar-refractivity contribution is 0.535. The zero-order valence-corrected chi connectivity index (χ0v) is 14.2. The first-order chi connectivity index (χ1) is 8.90. The van der Waals surface area contributed by atoms with Crippen molar-refractivity contribution >= 4 is 27.3 Å². The van der Waals surface area contributed by atoms with E-state index in [9.17, 15) is 0 Å². The first-order valence-electron chi connectivity index (χ1n) is 7.20. The highest BCUT2D eigenvalue weighted by Gasteiger charge is 2.11. The van der Waals surface area contributed by atoms with Gasteiger partial charge >= 0.3 is 0 Å². The molecule has 1 aromatic carbocycles. The molecule has 0 aliphatic rings. The molecule has 2 N–H and O–H groups in total. The quantitative estimate of drug-likeness (QED) is 0.720. The maximum atomic E-state index is 5.82. The first kappa shape index (κ1) is 16.4. The van der Waals surface area contributed by atoms with E-state index in [-0.39, 0.29) is 0 Å². The van der Waals surface area contributed by atoms with Crippen molar-refractivity contribution in [3.05, 3.63) is 22.7 Å². The third-order valence-electron chi connectivity index (χ3n) is 3.27. The summed E-state index contributed by atoms with van der Waals surface area (Å²) in [5.41, 5.74) is 7.89. The Kier molecular flexibility index (Phi) is 6.70. The molecule has 0 fully saturated rings. The Morgan fingerprint density at radius 2 is 1.58 bits per heavy atom. The molecular formula is C16H27BrN2. The molecule has 108 valence electrons. The summed E-state index contributed by atoms with van der Waals surface area (Å²) < 4.78 is 1.10. The van der Waals surface area contributed by atoms with Gasteiger partial charge in [-0.05, 0) is 58.8 Å². The molecule has 0 atom stereocenters. The molecule has 19 heavy (non-hydrogen) atoms. The van der Waals surface area contributed by atoms with Gasteiger partial charge in [0, 0.05) is 23.2 Å². The van der Waals surface area contributed by atoms with Gasteiger partial charge < -0.3 is 10.6 Å². The van der Waals surface area contributed by atoms with Crippen molar-refractivity contribution in [2.75, 3.05) is 23.7 Å². The van der Waals surface area contributed by atoms with Crippen LogP contribution < -0.4 is 10.6 Å². The SMILES string of the molecule is CC(C)CCN(CCC(C)C)c1ccc(N)cc1Br. The summed E-state index contributed by atoms with van der Waals surface area (Å²) >= 11 is 3.64. The lowest BCUT2D eigenvalue weighted by Crippen LogP contribution is -2.27. The van der Waals surface area contributed by atoms with Gasteiger partial charge in [-0.2, -0.15) is 0 Å². The molecule has 0 radical (unpaired) electrons. The zero-order valence-electron chi connectivity index (χ0n) is 12.6. The van der Waals surface area contributed by atoms with Gasteiger partial charge in [0.15, 0.2) is 0 Å². The van der Waals surface area contributed by atoms with Crippen molar-refractivity contribution < 1.29 is 0 Å². The highest BCUT2D eigenvalue weighted by Crippen LogP contribution is 2.29. The number of rotatable bonds is 7. The second kappa shape index (κ2) is 7.78. The molecular weight excluding hydrogens is 300 g/mol. The van der Waals surface area contributed by atoms with Gasteiger partial charge in [-0.15, -0.1) is 0 Å². The van der Waals surface area contributed by atoms with E-state index in [0.29, 0.717) is 0 Å². The van der Waals surface area contributed by atoms with Crippen LogP contribution in [0.15, 0.2) is 22.7 Å². The third kappa shape index (κ3) is 5.85. The minimum Gasteiger partial charge on any atom is -0.399 e. The second-order valence-corrected chi connectivity index (χ2v) is 6.92. The van der Waals surface area contributed by atoms with E-state index < -0.39 is 0 Å². The van der Waals surface area contributed by atoms with E-state index in [0.717, 1.165) is 35.1 Å².